The predicted molar refractivity (Wildman–Crippen MR) is 328 cm³/mol. The van der Waals surface area contributed by atoms with Crippen LogP contribution in [0.4, 0.5) is 0 Å². The molecular formula is C68H80O2S2. The van der Waals surface area contributed by atoms with Crippen molar-refractivity contribution in [1.29, 1.82) is 0 Å². The highest BCUT2D eigenvalue weighted by molar-refractivity contribution is 7.26. The summed E-state index contributed by atoms with van der Waals surface area (Å²) in [7, 11) is 0. The van der Waals surface area contributed by atoms with Crippen LogP contribution in [0.2, 0.25) is 0 Å². The van der Waals surface area contributed by atoms with Gasteiger partial charge in [0.05, 0.1) is 0 Å². The summed E-state index contributed by atoms with van der Waals surface area (Å²) >= 11 is 3.80. The van der Waals surface area contributed by atoms with Crippen molar-refractivity contribution in [2.45, 2.75) is 134 Å². The Balaban J connectivity index is 0.000000170. The molecule has 0 aliphatic rings. The maximum Gasteiger partial charge on any atom is 0.138 e. The highest BCUT2D eigenvalue weighted by Crippen LogP contribution is 2.39. The Hall–Kier alpha value is -6.20. The van der Waals surface area contributed by atoms with Crippen LogP contribution >= 0.6 is 22.7 Å². The van der Waals surface area contributed by atoms with E-state index in [1.165, 1.54) is 84.1 Å². The zero-order chi connectivity index (χ0) is 52.5. The van der Waals surface area contributed by atoms with Gasteiger partial charge in [-0.05, 0) is 94.5 Å². The first-order valence-corrected chi connectivity index (χ1v) is 28.3. The maximum atomic E-state index is 5.94. The standard InChI is InChI=1S/2C15H14O.2C15H14S.4C2H6/c1-10(2)11-7-5-8-13-12-6-3-4-9-14(12)16-15(11)13;1-10(2)11-7-8-15-13(9-11)12-5-3-4-6-14(12)16-15;1-10(2)11-7-5-8-13-12-6-3-4-9-14(12)16-15(11)13;1-10(2)11-7-8-15-13(9-11)12-5-3-4-6-14(12)16-15;4*1-2/h4*3-10H,1-2H3;4*1-2H3. The van der Waals surface area contributed by atoms with E-state index in [1.807, 2.05) is 102 Å². The Morgan fingerprint density at radius 1 is 0.292 bits per heavy atom. The topological polar surface area (TPSA) is 26.3 Å². The van der Waals surface area contributed by atoms with Gasteiger partial charge in [-0.15, -0.1) is 22.7 Å². The third-order valence-corrected chi connectivity index (χ3v) is 14.6. The molecular weight excluding hydrogens is 913 g/mol. The average Bonchev–Trinajstić information content (AvgIpc) is 4.21. The minimum atomic E-state index is 0.490. The summed E-state index contributed by atoms with van der Waals surface area (Å²) in [5, 5.41) is 10.5. The fourth-order valence-corrected chi connectivity index (χ4v) is 11.1. The van der Waals surface area contributed by atoms with E-state index in [0.29, 0.717) is 23.7 Å². The lowest BCUT2D eigenvalue weighted by atomic mass is 10.0. The molecule has 0 radical (unpaired) electrons. The highest BCUT2D eigenvalue weighted by Gasteiger charge is 2.13. The van der Waals surface area contributed by atoms with Crippen LogP contribution in [0, 0.1) is 0 Å². The number of furan rings is 2. The first kappa shape index (κ1) is 56.7. The van der Waals surface area contributed by atoms with Gasteiger partial charge in [0.15, 0.2) is 0 Å². The second kappa shape index (κ2) is 27.6. The second-order valence-electron chi connectivity index (χ2n) is 18.0. The number of hydrogen-bond acceptors (Lipinski definition) is 4. The van der Waals surface area contributed by atoms with E-state index in [-0.39, 0.29) is 0 Å². The lowest BCUT2D eigenvalue weighted by molar-refractivity contribution is 0.657. The van der Waals surface area contributed by atoms with Crippen LogP contribution in [-0.2, 0) is 0 Å². The summed E-state index contributed by atoms with van der Waals surface area (Å²) in [6.07, 6.45) is 0. The van der Waals surface area contributed by atoms with Crippen molar-refractivity contribution in [2.24, 2.45) is 0 Å². The van der Waals surface area contributed by atoms with Crippen molar-refractivity contribution in [3.63, 3.8) is 0 Å². The van der Waals surface area contributed by atoms with Crippen molar-refractivity contribution in [3.05, 3.63) is 192 Å². The number of benzene rings is 8. The van der Waals surface area contributed by atoms with Gasteiger partial charge in [-0.1, -0.05) is 232 Å². The molecule has 12 rings (SSSR count). The summed E-state index contributed by atoms with van der Waals surface area (Å²) in [4.78, 5) is 0. The van der Waals surface area contributed by atoms with Gasteiger partial charge in [-0.3, -0.25) is 0 Å². The van der Waals surface area contributed by atoms with Crippen LogP contribution in [0.1, 0.15) is 157 Å². The highest BCUT2D eigenvalue weighted by atomic mass is 32.1. The van der Waals surface area contributed by atoms with Gasteiger partial charge < -0.3 is 8.83 Å². The van der Waals surface area contributed by atoms with Crippen LogP contribution in [0.3, 0.4) is 0 Å². The van der Waals surface area contributed by atoms with Gasteiger partial charge >= 0.3 is 0 Å². The Bertz CT molecular complexity index is 3280. The molecule has 4 heteroatoms. The van der Waals surface area contributed by atoms with Crippen LogP contribution < -0.4 is 0 Å². The lowest BCUT2D eigenvalue weighted by Gasteiger charge is -2.05. The molecule has 4 heterocycles. The number of para-hydroxylation sites is 3. The zero-order valence-electron chi connectivity index (χ0n) is 46.1. The van der Waals surface area contributed by atoms with Crippen LogP contribution in [0.25, 0.3) is 84.2 Å². The normalized spacial score (nSPS) is 10.7. The van der Waals surface area contributed by atoms with Gasteiger partial charge in [0.1, 0.15) is 22.3 Å². The van der Waals surface area contributed by atoms with Gasteiger partial charge in [0.2, 0.25) is 0 Å². The molecule has 376 valence electrons. The Morgan fingerprint density at radius 3 is 1.26 bits per heavy atom. The minimum absolute atomic E-state index is 0.490. The van der Waals surface area contributed by atoms with Gasteiger partial charge in [-0.2, -0.15) is 0 Å². The quantitative estimate of drug-likeness (QED) is 0.176. The van der Waals surface area contributed by atoms with Gasteiger partial charge in [0, 0.05) is 61.9 Å². The molecule has 0 atom stereocenters. The molecule has 2 nitrogen and oxygen atoms in total. The van der Waals surface area contributed by atoms with E-state index in [0.717, 1.165) is 22.3 Å². The van der Waals surface area contributed by atoms with Crippen LogP contribution in [-0.4, -0.2) is 0 Å². The Morgan fingerprint density at radius 2 is 0.694 bits per heavy atom. The number of thiophene rings is 2. The molecule has 0 aliphatic carbocycles. The lowest BCUT2D eigenvalue weighted by Crippen LogP contribution is -1.86. The molecule has 12 aromatic rings. The van der Waals surface area contributed by atoms with Crippen molar-refractivity contribution in [2.75, 3.05) is 0 Å². The van der Waals surface area contributed by atoms with Crippen molar-refractivity contribution in [1.82, 2.24) is 0 Å². The Kier molecular flexibility index (Phi) is 21.7. The molecule has 0 fully saturated rings. The molecule has 0 bridgehead atoms. The SMILES string of the molecule is CC.CC.CC.CC.CC(C)c1ccc2oc3ccccc3c2c1.CC(C)c1ccc2sc3ccccc3c2c1.CC(C)c1cccc2c1oc1ccccc12.CC(C)c1cccc2c1sc1ccccc12. The molecule has 0 amide bonds. The smallest absolute Gasteiger partial charge is 0.138 e. The molecule has 72 heavy (non-hydrogen) atoms. The third-order valence-electron chi connectivity index (χ3n) is 12.2. The van der Waals surface area contributed by atoms with E-state index in [2.05, 4.69) is 201 Å². The molecule has 0 saturated heterocycles. The first-order chi connectivity index (χ1) is 35.0. The van der Waals surface area contributed by atoms with Gasteiger partial charge in [0.25, 0.3) is 0 Å². The maximum absolute atomic E-state index is 5.94. The first-order valence-electron chi connectivity index (χ1n) is 26.7. The summed E-state index contributed by atoms with van der Waals surface area (Å²) in [6.45, 7) is 33.8. The fraction of sp³-hybridized carbons (Fsp3) is 0.294. The summed E-state index contributed by atoms with van der Waals surface area (Å²) in [5.41, 5.74) is 9.51. The van der Waals surface area contributed by atoms with Crippen molar-refractivity contribution < 1.29 is 8.83 Å². The van der Waals surface area contributed by atoms with E-state index in [9.17, 15) is 0 Å². The zero-order valence-corrected chi connectivity index (χ0v) is 47.7. The molecule has 0 saturated carbocycles. The predicted octanol–water partition coefficient (Wildman–Crippen LogP) is 23.9. The van der Waals surface area contributed by atoms with Crippen LogP contribution in [0.15, 0.2) is 179 Å². The molecule has 0 spiro atoms. The van der Waals surface area contributed by atoms with Crippen molar-refractivity contribution >= 4 is 107 Å². The molecule has 0 aliphatic heterocycles. The largest absolute Gasteiger partial charge is 0.456 e. The molecule has 0 N–H and O–H groups in total. The summed E-state index contributed by atoms with van der Waals surface area (Å²) < 4.78 is 17.4. The molecule has 0 unspecified atom stereocenters. The third kappa shape index (κ3) is 12.9. The van der Waals surface area contributed by atoms with Gasteiger partial charge in [-0.25, -0.2) is 0 Å². The average molecular weight is 994 g/mol. The summed E-state index contributed by atoms with van der Waals surface area (Å²) in [6, 6.07) is 60.1. The fourth-order valence-electron chi connectivity index (χ4n) is 8.65. The van der Waals surface area contributed by atoms with Crippen molar-refractivity contribution in [3.8, 4) is 0 Å². The van der Waals surface area contributed by atoms with E-state index >= 15 is 0 Å². The molecule has 4 aromatic heterocycles. The monoisotopic (exact) mass is 993 g/mol. The number of fused-ring (bicyclic) bond motifs is 12. The van der Waals surface area contributed by atoms with Crippen LogP contribution in [0.5, 0.6) is 0 Å². The minimum Gasteiger partial charge on any atom is -0.456 e. The Labute approximate surface area is 439 Å². The second-order valence-corrected chi connectivity index (χ2v) is 20.1. The molecule has 8 aromatic carbocycles. The number of hydrogen-bond donors (Lipinski definition) is 0. The summed E-state index contributed by atoms with van der Waals surface area (Å²) in [5.74, 6) is 2.24. The number of rotatable bonds is 4. The van der Waals surface area contributed by atoms with E-state index in [1.54, 1.807) is 0 Å². The van der Waals surface area contributed by atoms with E-state index in [4.69, 9.17) is 8.83 Å². The van der Waals surface area contributed by atoms with E-state index < -0.39 is 0 Å².